The van der Waals surface area contributed by atoms with E-state index in [0.717, 1.165) is 11.1 Å². The average Bonchev–Trinajstić information content (AvgIpc) is 3.12. The van der Waals surface area contributed by atoms with E-state index in [1.807, 2.05) is 24.3 Å². The summed E-state index contributed by atoms with van der Waals surface area (Å²) in [6, 6.07) is 28.9. The van der Waals surface area contributed by atoms with Gasteiger partial charge in [0, 0.05) is 0 Å². The van der Waals surface area contributed by atoms with E-state index in [-0.39, 0.29) is 32.8 Å². The zero-order valence-corrected chi connectivity index (χ0v) is 34.9. The summed E-state index contributed by atoms with van der Waals surface area (Å²) in [5, 5.41) is 0. The molecule has 0 aliphatic heterocycles. The number of ether oxygens (including phenoxy) is 2. The molecule has 4 aromatic rings. The molecule has 0 unspecified atom stereocenters. The van der Waals surface area contributed by atoms with Crippen molar-refractivity contribution < 1.29 is 69.8 Å². The van der Waals surface area contributed by atoms with Crippen LogP contribution in [0, 0.1) is 6.92 Å². The number of rotatable bonds is 10. The third-order valence-corrected chi connectivity index (χ3v) is 11.1. The number of hydrogen-bond donors (Lipinski definition) is 4. The molecule has 0 saturated heterocycles. The smallest absolute Gasteiger partial charge is 0.264 e. The molecule has 0 fully saturated rings. The van der Waals surface area contributed by atoms with E-state index < -0.39 is 50.3 Å². The number of methoxy groups -OCH3 is 1. The third-order valence-electron chi connectivity index (χ3n) is 6.44. The van der Waals surface area contributed by atoms with Crippen molar-refractivity contribution in [2.75, 3.05) is 30.1 Å². The van der Waals surface area contributed by atoms with Crippen molar-refractivity contribution in [1.29, 1.82) is 0 Å². The first-order valence-electron chi connectivity index (χ1n) is 15.8. The molecule has 0 aliphatic carbocycles. The number of benzene rings is 4. The Hall–Kier alpha value is -3.93. The molecule has 0 aliphatic rings. The van der Waals surface area contributed by atoms with Gasteiger partial charge in [0.25, 0.3) is 40.5 Å². The summed E-state index contributed by atoms with van der Waals surface area (Å²) in [7, 11) is -16.7. The van der Waals surface area contributed by atoms with Gasteiger partial charge in [-0.1, -0.05) is 42.0 Å². The maximum Gasteiger partial charge on any atom is 0.264 e. The molecule has 4 aromatic carbocycles. The van der Waals surface area contributed by atoms with E-state index in [9.17, 15) is 42.1 Å². The summed E-state index contributed by atoms with van der Waals surface area (Å²) in [4.78, 5) is 0.424. The van der Waals surface area contributed by atoms with Crippen molar-refractivity contribution in [1.82, 2.24) is 0 Å². The lowest BCUT2D eigenvalue weighted by Gasteiger charge is -2.09. The first-order chi connectivity index (χ1) is 25.2. The van der Waals surface area contributed by atoms with Gasteiger partial charge in [-0.05, 0) is 106 Å². The van der Waals surface area contributed by atoms with Gasteiger partial charge in [0.05, 0.1) is 39.9 Å². The topological polar surface area (TPSA) is 270 Å². The fourth-order valence-electron chi connectivity index (χ4n) is 3.18. The molecule has 0 atom stereocenters. The molecule has 4 N–H and O–H groups in total. The summed E-state index contributed by atoms with van der Waals surface area (Å²) < 4.78 is 144. The van der Waals surface area contributed by atoms with Crippen LogP contribution in [0.1, 0.15) is 33.3 Å². The molecule has 308 valence electrons. The van der Waals surface area contributed by atoms with Crippen LogP contribution >= 0.6 is 0 Å². The van der Waals surface area contributed by atoms with E-state index in [0.29, 0.717) is 17.2 Å². The highest BCUT2D eigenvalue weighted by atomic mass is 32.2. The lowest BCUT2D eigenvalue weighted by atomic mass is 10.0. The van der Waals surface area contributed by atoms with Gasteiger partial charge in [-0.2, -0.15) is 33.7 Å². The van der Waals surface area contributed by atoms with Crippen molar-refractivity contribution in [3.63, 3.8) is 0 Å². The predicted octanol–water partition coefficient (Wildman–Crippen LogP) is 5.87. The van der Waals surface area contributed by atoms with Crippen molar-refractivity contribution in [2.45, 2.75) is 44.4 Å². The molecule has 0 bridgehead atoms. The van der Waals surface area contributed by atoms with Gasteiger partial charge < -0.3 is 9.47 Å². The SMILES string of the molecule is CCS(=O)(=O)O.CCS(=O)(=O)O.CCS(=O)(=O)O.CCS(=O)(=O)O.COc1ccc(S(=O)(=O)c2ccc(Oc3ccc(-c4ccc(C)cc4)cc3)cc2)cc1. The van der Waals surface area contributed by atoms with Crippen LogP contribution in [-0.4, -0.2) is 90.4 Å². The van der Waals surface area contributed by atoms with Crippen LogP contribution in [0.5, 0.6) is 17.2 Å². The monoisotopic (exact) mass is 870 g/mol. The molecule has 0 saturated carbocycles. The molecule has 0 radical (unpaired) electrons. The fraction of sp³-hybridized carbons (Fsp3) is 0.294. The second-order valence-corrected chi connectivity index (χ2v) is 19.5. The zero-order valence-electron chi connectivity index (χ0n) is 30.8. The molecule has 0 amide bonds. The standard InChI is InChI=1S/C26H22O4S.4C2H6O3S/c1-19-3-5-20(6-4-19)21-7-9-23(10-8-21)30-24-13-17-26(18-14-24)31(27,28)25-15-11-22(29-2)12-16-25;4*1-2-6(3,4)5/h3-18H,1-2H3;4*2H2,1H3,(H,3,4,5). The van der Waals surface area contributed by atoms with Crippen LogP contribution in [0.4, 0.5) is 0 Å². The van der Waals surface area contributed by atoms with Crippen LogP contribution in [0.3, 0.4) is 0 Å². The summed E-state index contributed by atoms with van der Waals surface area (Å²) in [5.74, 6) is 1.05. The van der Waals surface area contributed by atoms with Gasteiger partial charge in [0.2, 0.25) is 9.84 Å². The minimum absolute atomic E-state index is 0.201. The van der Waals surface area contributed by atoms with Gasteiger partial charge >= 0.3 is 0 Å². The highest BCUT2D eigenvalue weighted by molar-refractivity contribution is 7.91. The van der Waals surface area contributed by atoms with Gasteiger partial charge in [0.15, 0.2) is 0 Å². The van der Waals surface area contributed by atoms with E-state index >= 15 is 0 Å². The molecule has 4 rings (SSSR count). The molecule has 0 spiro atoms. The van der Waals surface area contributed by atoms with Crippen LogP contribution in [0.15, 0.2) is 107 Å². The Bertz CT molecular complexity index is 2160. The lowest BCUT2D eigenvalue weighted by Crippen LogP contribution is -2.01. The third kappa shape index (κ3) is 23.6. The maximum absolute atomic E-state index is 12.8. The predicted molar refractivity (Wildman–Crippen MR) is 210 cm³/mol. The number of hydrogen-bond acceptors (Lipinski definition) is 12. The number of aryl methyl sites for hydroxylation is 1. The maximum atomic E-state index is 12.8. The second kappa shape index (κ2) is 23.2. The van der Waals surface area contributed by atoms with Crippen LogP contribution < -0.4 is 9.47 Å². The van der Waals surface area contributed by atoms with Gasteiger partial charge in [-0.3, -0.25) is 18.2 Å². The molecule has 21 heteroatoms. The van der Waals surface area contributed by atoms with Crippen molar-refractivity contribution in [3.05, 3.63) is 103 Å². The minimum Gasteiger partial charge on any atom is -0.497 e. The molecular weight excluding hydrogens is 825 g/mol. The lowest BCUT2D eigenvalue weighted by molar-refractivity contribution is 0.414. The van der Waals surface area contributed by atoms with E-state index in [1.54, 1.807) is 36.4 Å². The molecule has 16 nitrogen and oxygen atoms in total. The Morgan fingerprint density at radius 2 is 0.655 bits per heavy atom. The fourth-order valence-corrected chi connectivity index (χ4v) is 4.44. The van der Waals surface area contributed by atoms with Crippen molar-refractivity contribution in [2.24, 2.45) is 0 Å². The van der Waals surface area contributed by atoms with E-state index in [4.69, 9.17) is 27.7 Å². The van der Waals surface area contributed by atoms with Gasteiger partial charge in [-0.25, -0.2) is 8.42 Å². The Labute approximate surface area is 324 Å². The zero-order chi connectivity index (χ0) is 42.7. The average molecular weight is 871 g/mol. The van der Waals surface area contributed by atoms with E-state index in [2.05, 4.69) is 31.2 Å². The van der Waals surface area contributed by atoms with Crippen LogP contribution in [0.2, 0.25) is 0 Å². The second-order valence-electron chi connectivity index (χ2n) is 10.6. The number of sulfone groups is 1. The highest BCUT2D eigenvalue weighted by Crippen LogP contribution is 2.29. The Kier molecular flexibility index (Phi) is 21.6. The summed E-state index contributed by atoms with van der Waals surface area (Å²) in [6.07, 6.45) is 0. The Balaban J connectivity index is 0.000000985. The van der Waals surface area contributed by atoms with Crippen LogP contribution in [0.25, 0.3) is 11.1 Å². The normalized spacial score (nSPS) is 11.4. The Morgan fingerprint density at radius 3 is 0.909 bits per heavy atom. The first kappa shape index (κ1) is 51.1. The van der Waals surface area contributed by atoms with Crippen molar-refractivity contribution >= 4 is 50.3 Å². The molecular formula is C34H46O16S5. The molecule has 0 aromatic heterocycles. The van der Waals surface area contributed by atoms with Gasteiger partial charge in [-0.15, -0.1) is 0 Å². The Morgan fingerprint density at radius 1 is 0.418 bits per heavy atom. The minimum atomic E-state index is -3.66. The summed E-state index contributed by atoms with van der Waals surface area (Å²) >= 11 is 0. The highest BCUT2D eigenvalue weighted by Gasteiger charge is 2.17. The molecule has 55 heavy (non-hydrogen) atoms. The summed E-state index contributed by atoms with van der Waals surface area (Å²) in [6.45, 7) is 7.55. The van der Waals surface area contributed by atoms with E-state index in [1.165, 1.54) is 52.5 Å². The molecule has 0 heterocycles. The summed E-state index contributed by atoms with van der Waals surface area (Å²) in [5.41, 5.74) is 3.47. The largest absolute Gasteiger partial charge is 0.497 e. The van der Waals surface area contributed by atoms with Crippen molar-refractivity contribution in [3.8, 4) is 28.4 Å². The van der Waals surface area contributed by atoms with Gasteiger partial charge in [0.1, 0.15) is 17.2 Å². The first-order valence-corrected chi connectivity index (χ1v) is 23.8. The quantitative estimate of drug-likeness (QED) is 0.136. The van der Waals surface area contributed by atoms with Crippen LogP contribution in [-0.2, 0) is 50.3 Å².